The summed E-state index contributed by atoms with van der Waals surface area (Å²) in [5, 5.41) is 1.47. The lowest BCUT2D eigenvalue weighted by Crippen LogP contribution is -1.85. The minimum absolute atomic E-state index is 0.625. The molecule has 0 saturated carbocycles. The number of rotatable bonds is 2. The molecule has 0 atom stereocenters. The molecule has 100 valence electrons. The third-order valence-electron chi connectivity index (χ3n) is 2.89. The Morgan fingerprint density at radius 2 is 1.90 bits per heavy atom. The Kier molecular flexibility index (Phi) is 3.87. The van der Waals surface area contributed by atoms with Crippen molar-refractivity contribution in [1.82, 2.24) is 9.97 Å². The fraction of sp³-hybridized carbons (Fsp3) is 0.0667. The number of halogens is 2. The van der Waals surface area contributed by atoms with Gasteiger partial charge in [-0.15, -0.1) is 11.3 Å². The van der Waals surface area contributed by atoms with Crippen molar-refractivity contribution in [1.29, 1.82) is 0 Å². The molecule has 0 spiro atoms. The van der Waals surface area contributed by atoms with Crippen LogP contribution in [0.15, 0.2) is 47.1 Å². The highest BCUT2D eigenvalue weighted by Gasteiger charge is 2.15. The molecule has 0 aliphatic heterocycles. The van der Waals surface area contributed by atoms with Gasteiger partial charge in [0.15, 0.2) is 0 Å². The highest BCUT2D eigenvalue weighted by molar-refractivity contribution is 9.10. The molecule has 0 saturated heterocycles. The molecule has 2 nitrogen and oxygen atoms in total. The fourth-order valence-electron chi connectivity index (χ4n) is 1.94. The zero-order valence-electron chi connectivity index (χ0n) is 10.6. The molecule has 5 heteroatoms. The predicted octanol–water partition coefficient (Wildman–Crippen LogP) is 5.60. The Bertz CT molecular complexity index is 770. The van der Waals surface area contributed by atoms with Gasteiger partial charge in [-0.05, 0) is 25.1 Å². The first-order valence-corrected chi connectivity index (χ1v) is 7.99. The van der Waals surface area contributed by atoms with Crippen molar-refractivity contribution in [2.75, 3.05) is 0 Å². The quantitative estimate of drug-likeness (QED) is 0.591. The van der Waals surface area contributed by atoms with Gasteiger partial charge in [-0.3, -0.25) is 4.98 Å². The number of aryl methyl sites for hydroxylation is 1. The van der Waals surface area contributed by atoms with Crippen molar-refractivity contribution < 1.29 is 0 Å². The van der Waals surface area contributed by atoms with Crippen LogP contribution in [0, 0.1) is 6.92 Å². The van der Waals surface area contributed by atoms with Gasteiger partial charge in [-0.1, -0.05) is 45.7 Å². The second-order valence-electron chi connectivity index (χ2n) is 4.24. The van der Waals surface area contributed by atoms with Gasteiger partial charge in [-0.2, -0.15) is 0 Å². The lowest BCUT2D eigenvalue weighted by Gasteiger charge is -2.01. The van der Waals surface area contributed by atoms with Crippen molar-refractivity contribution in [3.63, 3.8) is 0 Å². The fourth-order valence-corrected chi connectivity index (χ4v) is 3.62. The van der Waals surface area contributed by atoms with Gasteiger partial charge in [0, 0.05) is 21.1 Å². The maximum atomic E-state index is 6.19. The molecular weight excluding hydrogens is 356 g/mol. The van der Waals surface area contributed by atoms with Crippen molar-refractivity contribution in [2.24, 2.45) is 0 Å². The van der Waals surface area contributed by atoms with Crippen LogP contribution in [-0.2, 0) is 0 Å². The number of thiazole rings is 1. The van der Waals surface area contributed by atoms with E-state index in [0.717, 1.165) is 31.3 Å². The summed E-state index contributed by atoms with van der Waals surface area (Å²) in [5.41, 5.74) is 2.79. The van der Waals surface area contributed by atoms with Gasteiger partial charge < -0.3 is 0 Å². The van der Waals surface area contributed by atoms with Crippen LogP contribution in [-0.4, -0.2) is 9.97 Å². The normalized spacial score (nSPS) is 10.8. The number of pyridine rings is 1. The van der Waals surface area contributed by atoms with Crippen LogP contribution >= 0.6 is 38.9 Å². The Balaban J connectivity index is 2.13. The summed E-state index contributed by atoms with van der Waals surface area (Å²) in [5.74, 6) is 0. The van der Waals surface area contributed by atoms with Crippen molar-refractivity contribution in [3.8, 4) is 22.0 Å². The Morgan fingerprint density at radius 1 is 1.10 bits per heavy atom. The Morgan fingerprint density at radius 3 is 2.65 bits per heavy atom. The molecule has 1 aromatic carbocycles. The number of benzene rings is 1. The first kappa shape index (κ1) is 13.7. The first-order chi connectivity index (χ1) is 9.66. The lowest BCUT2D eigenvalue weighted by atomic mass is 10.1. The summed E-state index contributed by atoms with van der Waals surface area (Å²) >= 11 is 11.4. The molecule has 0 radical (unpaired) electrons. The van der Waals surface area contributed by atoms with E-state index in [1.54, 1.807) is 17.5 Å². The van der Waals surface area contributed by atoms with Gasteiger partial charge in [-0.25, -0.2) is 4.98 Å². The average molecular weight is 366 g/mol. The largest absolute Gasteiger partial charge is 0.252 e. The van der Waals surface area contributed by atoms with Gasteiger partial charge >= 0.3 is 0 Å². The van der Waals surface area contributed by atoms with E-state index >= 15 is 0 Å². The highest BCUT2D eigenvalue weighted by Crippen LogP contribution is 2.37. The number of aromatic nitrogens is 2. The van der Waals surface area contributed by atoms with Crippen molar-refractivity contribution in [3.05, 3.63) is 57.0 Å². The molecule has 3 rings (SSSR count). The van der Waals surface area contributed by atoms with Gasteiger partial charge in [0.05, 0.1) is 10.7 Å². The summed E-state index contributed by atoms with van der Waals surface area (Å²) in [4.78, 5) is 10.2. The summed E-state index contributed by atoms with van der Waals surface area (Å²) < 4.78 is 1.03. The van der Waals surface area contributed by atoms with Crippen molar-refractivity contribution in [2.45, 2.75) is 6.92 Å². The van der Waals surface area contributed by atoms with E-state index < -0.39 is 0 Å². The van der Waals surface area contributed by atoms with E-state index in [2.05, 4.69) is 33.9 Å². The molecule has 0 amide bonds. The number of hydrogen-bond donors (Lipinski definition) is 0. The molecule has 0 aliphatic rings. The SMILES string of the molecule is Cc1sc(-c2ncccc2Cl)nc1-c1ccccc1Br. The van der Waals surface area contributed by atoms with E-state index in [1.165, 1.54) is 0 Å². The zero-order valence-corrected chi connectivity index (χ0v) is 13.8. The Labute approximate surface area is 134 Å². The van der Waals surface area contributed by atoms with Crippen LogP contribution in [0.5, 0.6) is 0 Å². The average Bonchev–Trinajstić information content (AvgIpc) is 2.81. The molecule has 2 aromatic heterocycles. The van der Waals surface area contributed by atoms with E-state index in [9.17, 15) is 0 Å². The predicted molar refractivity (Wildman–Crippen MR) is 88.2 cm³/mol. The maximum absolute atomic E-state index is 6.19. The molecule has 0 unspecified atom stereocenters. The second kappa shape index (κ2) is 5.64. The molecule has 3 aromatic rings. The van der Waals surface area contributed by atoms with Crippen LogP contribution in [0.25, 0.3) is 22.0 Å². The standard InChI is InChI=1S/C15H10BrClN2S/c1-9-13(10-5-2-3-6-11(10)16)19-15(20-9)14-12(17)7-4-8-18-14/h2-8H,1H3. The van der Waals surface area contributed by atoms with Crippen LogP contribution in [0.1, 0.15) is 4.88 Å². The molecule has 0 aliphatic carbocycles. The third kappa shape index (κ3) is 2.51. The van der Waals surface area contributed by atoms with Crippen LogP contribution in [0.4, 0.5) is 0 Å². The molecule has 0 fully saturated rings. The van der Waals surface area contributed by atoms with Crippen LogP contribution < -0.4 is 0 Å². The van der Waals surface area contributed by atoms with E-state index in [0.29, 0.717) is 5.02 Å². The molecule has 0 N–H and O–H groups in total. The zero-order chi connectivity index (χ0) is 14.1. The van der Waals surface area contributed by atoms with Gasteiger partial charge in [0.1, 0.15) is 10.7 Å². The minimum Gasteiger partial charge on any atom is -0.252 e. The molecule has 0 bridgehead atoms. The van der Waals surface area contributed by atoms with Crippen LogP contribution in [0.2, 0.25) is 5.02 Å². The van der Waals surface area contributed by atoms with Gasteiger partial charge in [0.25, 0.3) is 0 Å². The smallest absolute Gasteiger partial charge is 0.144 e. The van der Waals surface area contributed by atoms with E-state index in [-0.39, 0.29) is 0 Å². The summed E-state index contributed by atoms with van der Waals surface area (Å²) in [6.07, 6.45) is 1.73. The monoisotopic (exact) mass is 364 g/mol. The van der Waals surface area contributed by atoms with Gasteiger partial charge in [0.2, 0.25) is 0 Å². The summed E-state index contributed by atoms with van der Waals surface area (Å²) in [7, 11) is 0. The molecule has 2 heterocycles. The van der Waals surface area contributed by atoms with Crippen molar-refractivity contribution >= 4 is 38.9 Å². The molecule has 20 heavy (non-hydrogen) atoms. The lowest BCUT2D eigenvalue weighted by molar-refractivity contribution is 1.28. The molecular formula is C15H10BrClN2S. The second-order valence-corrected chi connectivity index (χ2v) is 6.70. The number of nitrogens with zero attached hydrogens (tertiary/aromatic N) is 2. The number of hydrogen-bond acceptors (Lipinski definition) is 3. The third-order valence-corrected chi connectivity index (χ3v) is 4.86. The minimum atomic E-state index is 0.625. The van der Waals surface area contributed by atoms with Crippen LogP contribution in [0.3, 0.4) is 0 Å². The topological polar surface area (TPSA) is 25.8 Å². The maximum Gasteiger partial charge on any atom is 0.144 e. The van der Waals surface area contributed by atoms with E-state index in [4.69, 9.17) is 16.6 Å². The highest BCUT2D eigenvalue weighted by atomic mass is 79.9. The summed E-state index contributed by atoms with van der Waals surface area (Å²) in [6, 6.07) is 11.7. The Hall–Kier alpha value is -1.23. The first-order valence-electron chi connectivity index (χ1n) is 6.00. The van der Waals surface area contributed by atoms with E-state index in [1.807, 2.05) is 30.3 Å². The summed E-state index contributed by atoms with van der Waals surface area (Å²) in [6.45, 7) is 2.06.